The van der Waals surface area contributed by atoms with Gasteiger partial charge in [0.25, 0.3) is 11.5 Å². The number of benzene rings is 2. The van der Waals surface area contributed by atoms with E-state index in [0.717, 1.165) is 0 Å². The van der Waals surface area contributed by atoms with Gasteiger partial charge in [-0.25, -0.2) is 13.8 Å². The lowest BCUT2D eigenvalue weighted by molar-refractivity contribution is 0.0626. The molecule has 1 amide bonds. The van der Waals surface area contributed by atoms with Gasteiger partial charge in [0.05, 0.1) is 5.69 Å². The molecule has 3 heterocycles. The Morgan fingerprint density at radius 1 is 0.970 bits per heavy atom. The average Bonchev–Trinajstić information content (AvgIpc) is 3.24. The van der Waals surface area contributed by atoms with E-state index < -0.39 is 5.82 Å². The summed E-state index contributed by atoms with van der Waals surface area (Å²) < 4.78 is 27.9. The Morgan fingerprint density at radius 2 is 1.73 bits per heavy atom. The first-order chi connectivity index (χ1) is 16.0. The first kappa shape index (κ1) is 21.4. The van der Waals surface area contributed by atoms with Crippen molar-refractivity contribution in [2.75, 3.05) is 26.2 Å². The Kier molecular flexibility index (Phi) is 5.69. The van der Waals surface area contributed by atoms with Gasteiger partial charge in [0.15, 0.2) is 0 Å². The molecule has 0 N–H and O–H groups in total. The van der Waals surface area contributed by atoms with Crippen LogP contribution in [-0.4, -0.2) is 56.5 Å². The minimum Gasteiger partial charge on any atom is -0.336 e. The van der Waals surface area contributed by atoms with Crippen LogP contribution in [0, 0.1) is 11.6 Å². The molecule has 0 unspecified atom stereocenters. The lowest BCUT2D eigenvalue weighted by atomic mass is 10.1. The van der Waals surface area contributed by atoms with Gasteiger partial charge in [-0.15, -0.1) is 0 Å². The van der Waals surface area contributed by atoms with E-state index in [-0.39, 0.29) is 17.3 Å². The van der Waals surface area contributed by atoms with Gasteiger partial charge in [-0.2, -0.15) is 9.61 Å². The first-order valence-electron chi connectivity index (χ1n) is 10.4. The van der Waals surface area contributed by atoms with Crippen LogP contribution in [0.3, 0.4) is 0 Å². The topological polar surface area (TPSA) is 70.8 Å². The molecule has 0 bridgehead atoms. The molecule has 0 aliphatic carbocycles. The summed E-state index contributed by atoms with van der Waals surface area (Å²) >= 11 is 1.27. The van der Waals surface area contributed by atoms with Gasteiger partial charge >= 0.3 is 0 Å². The van der Waals surface area contributed by atoms with Crippen LogP contribution in [0.4, 0.5) is 8.78 Å². The second kappa shape index (κ2) is 8.80. The Balaban J connectivity index is 1.27. The zero-order chi connectivity index (χ0) is 22.9. The number of aromatic nitrogens is 3. The highest BCUT2D eigenvalue weighted by molar-refractivity contribution is 7.19. The summed E-state index contributed by atoms with van der Waals surface area (Å²) in [5.41, 5.74) is 1.40. The molecule has 1 saturated heterocycles. The van der Waals surface area contributed by atoms with Gasteiger partial charge < -0.3 is 4.90 Å². The Hall–Kier alpha value is -3.50. The predicted molar refractivity (Wildman–Crippen MR) is 120 cm³/mol. The van der Waals surface area contributed by atoms with E-state index >= 15 is 0 Å². The highest BCUT2D eigenvalue weighted by Gasteiger charge is 2.23. The van der Waals surface area contributed by atoms with Crippen LogP contribution in [0.1, 0.15) is 16.1 Å². The number of carbonyl (C=O) groups is 1. The number of piperazine rings is 1. The maximum atomic E-state index is 13.4. The van der Waals surface area contributed by atoms with Crippen molar-refractivity contribution < 1.29 is 13.6 Å². The van der Waals surface area contributed by atoms with Crippen molar-refractivity contribution in [3.8, 4) is 10.6 Å². The third kappa shape index (κ3) is 4.53. The second-order valence-electron chi connectivity index (χ2n) is 7.77. The van der Waals surface area contributed by atoms with E-state index in [4.69, 9.17) is 0 Å². The van der Waals surface area contributed by atoms with Crippen molar-refractivity contribution in [1.29, 1.82) is 0 Å². The number of fused-ring (bicyclic) bond motifs is 1. The summed E-state index contributed by atoms with van der Waals surface area (Å²) in [6.45, 7) is 2.71. The average molecular weight is 468 g/mol. The van der Waals surface area contributed by atoms with Gasteiger partial charge in [-0.1, -0.05) is 17.4 Å². The zero-order valence-corrected chi connectivity index (χ0v) is 18.3. The number of halogens is 2. The minimum atomic E-state index is -0.433. The lowest BCUT2D eigenvalue weighted by Crippen LogP contribution is -2.48. The van der Waals surface area contributed by atoms with Crippen LogP contribution in [-0.2, 0) is 6.54 Å². The molecule has 2 aromatic heterocycles. The second-order valence-corrected chi connectivity index (χ2v) is 8.73. The monoisotopic (exact) mass is 467 g/mol. The van der Waals surface area contributed by atoms with Crippen molar-refractivity contribution in [3.05, 3.63) is 87.8 Å². The molecule has 0 atom stereocenters. The van der Waals surface area contributed by atoms with Crippen LogP contribution in [0.15, 0.2) is 59.4 Å². The molecule has 7 nitrogen and oxygen atoms in total. The zero-order valence-electron chi connectivity index (χ0n) is 17.4. The predicted octanol–water partition coefficient (Wildman–Crippen LogP) is 3.05. The standard InChI is InChI=1S/C23H19F2N5O2S/c24-17-6-4-15(5-7-17)21-27-30-20(31)13-19(26-23(30)33-21)14-28-8-10-29(11-9-28)22(32)16-2-1-3-18(25)12-16/h1-7,12-13H,8-11,14H2. The van der Waals surface area contributed by atoms with Crippen LogP contribution >= 0.6 is 11.3 Å². The third-order valence-electron chi connectivity index (χ3n) is 5.51. The molecule has 4 aromatic rings. The molecular weight excluding hydrogens is 448 g/mol. The molecule has 0 radical (unpaired) electrons. The van der Waals surface area contributed by atoms with E-state index in [1.807, 2.05) is 0 Å². The van der Waals surface area contributed by atoms with Crippen molar-refractivity contribution in [3.63, 3.8) is 0 Å². The molecule has 0 spiro atoms. The molecule has 33 heavy (non-hydrogen) atoms. The number of nitrogens with zero attached hydrogens (tertiary/aromatic N) is 5. The summed E-state index contributed by atoms with van der Waals surface area (Å²) in [5, 5.41) is 4.90. The highest BCUT2D eigenvalue weighted by Crippen LogP contribution is 2.24. The van der Waals surface area contributed by atoms with Crippen molar-refractivity contribution in [1.82, 2.24) is 24.4 Å². The summed E-state index contributed by atoms with van der Waals surface area (Å²) in [5.74, 6) is -0.960. The number of hydrogen-bond acceptors (Lipinski definition) is 6. The van der Waals surface area contributed by atoms with Crippen molar-refractivity contribution >= 4 is 22.2 Å². The molecule has 5 rings (SSSR count). The fourth-order valence-electron chi connectivity index (χ4n) is 3.79. The van der Waals surface area contributed by atoms with Crippen molar-refractivity contribution in [2.45, 2.75) is 6.54 Å². The summed E-state index contributed by atoms with van der Waals surface area (Å²) in [4.78, 5) is 34.1. The molecule has 10 heteroatoms. The largest absolute Gasteiger partial charge is 0.336 e. The van der Waals surface area contributed by atoms with E-state index in [0.29, 0.717) is 59.5 Å². The molecule has 168 valence electrons. The number of hydrogen-bond donors (Lipinski definition) is 0. The van der Waals surface area contributed by atoms with Crippen molar-refractivity contribution in [2.24, 2.45) is 0 Å². The van der Waals surface area contributed by atoms with Crippen LogP contribution in [0.5, 0.6) is 0 Å². The Bertz CT molecular complexity index is 1380. The SMILES string of the molecule is O=C(c1cccc(F)c1)N1CCN(Cc2cc(=O)n3nc(-c4ccc(F)cc4)sc3n2)CC1. The Labute approximate surface area is 191 Å². The maximum Gasteiger partial charge on any atom is 0.275 e. The lowest BCUT2D eigenvalue weighted by Gasteiger charge is -2.34. The molecule has 0 saturated carbocycles. The van der Waals surface area contributed by atoms with Crippen LogP contribution < -0.4 is 5.56 Å². The molecule has 1 aliphatic heterocycles. The van der Waals surface area contributed by atoms with E-state index in [2.05, 4.69) is 15.0 Å². The first-order valence-corrected chi connectivity index (χ1v) is 11.2. The summed E-state index contributed by atoms with van der Waals surface area (Å²) in [7, 11) is 0. The summed E-state index contributed by atoms with van der Waals surface area (Å²) in [6.07, 6.45) is 0. The van der Waals surface area contributed by atoms with Gasteiger partial charge in [-0.3, -0.25) is 14.5 Å². The van der Waals surface area contributed by atoms with E-state index in [1.165, 1.54) is 52.3 Å². The van der Waals surface area contributed by atoms with Crippen LogP contribution in [0.2, 0.25) is 0 Å². The number of rotatable bonds is 4. The molecule has 2 aromatic carbocycles. The smallest absolute Gasteiger partial charge is 0.275 e. The van der Waals surface area contributed by atoms with E-state index in [1.54, 1.807) is 23.1 Å². The van der Waals surface area contributed by atoms with Crippen LogP contribution in [0.25, 0.3) is 15.5 Å². The van der Waals surface area contributed by atoms with Gasteiger partial charge in [0.2, 0.25) is 4.96 Å². The van der Waals surface area contributed by atoms with Gasteiger partial charge in [-0.05, 0) is 42.5 Å². The minimum absolute atomic E-state index is 0.190. The molecular formula is C23H19F2N5O2S. The fraction of sp³-hybridized carbons (Fsp3) is 0.217. The number of amides is 1. The quantitative estimate of drug-likeness (QED) is 0.462. The highest BCUT2D eigenvalue weighted by atomic mass is 32.1. The fourth-order valence-corrected chi connectivity index (χ4v) is 4.72. The normalized spacial score (nSPS) is 14.7. The van der Waals surface area contributed by atoms with Gasteiger partial charge in [0.1, 0.15) is 16.6 Å². The Morgan fingerprint density at radius 3 is 2.45 bits per heavy atom. The molecule has 1 fully saturated rings. The maximum absolute atomic E-state index is 13.4. The van der Waals surface area contributed by atoms with E-state index in [9.17, 15) is 18.4 Å². The van der Waals surface area contributed by atoms with Gasteiger partial charge in [0, 0.05) is 49.9 Å². The third-order valence-corrected chi connectivity index (χ3v) is 6.46. The number of carbonyl (C=O) groups excluding carboxylic acids is 1. The summed E-state index contributed by atoms with van der Waals surface area (Å²) in [6, 6.07) is 13.1. The molecule has 1 aliphatic rings.